The highest BCUT2D eigenvalue weighted by molar-refractivity contribution is 7.99. The lowest BCUT2D eigenvalue weighted by atomic mass is 10.1. The summed E-state index contributed by atoms with van der Waals surface area (Å²) in [5.74, 6) is 0.231. The number of hydrogen-bond donors (Lipinski definition) is 0. The maximum Gasteiger partial charge on any atom is 0.233 e. The Morgan fingerprint density at radius 1 is 0.939 bits per heavy atom. The minimum atomic E-state index is -0.386. The van der Waals surface area contributed by atoms with Gasteiger partial charge in [-0.2, -0.15) is 0 Å². The van der Waals surface area contributed by atoms with Crippen molar-refractivity contribution in [1.82, 2.24) is 24.6 Å². The minimum Gasteiger partial charge on any atom is -0.339 e. The van der Waals surface area contributed by atoms with Gasteiger partial charge in [0.1, 0.15) is 5.82 Å². The van der Waals surface area contributed by atoms with E-state index in [0.717, 1.165) is 5.69 Å². The smallest absolute Gasteiger partial charge is 0.233 e. The first-order chi connectivity index (χ1) is 16.0. The molecule has 2 aromatic carbocycles. The van der Waals surface area contributed by atoms with Gasteiger partial charge in [-0.25, -0.2) is 4.39 Å². The quantitative estimate of drug-likeness (QED) is 0.519. The van der Waals surface area contributed by atoms with E-state index in [1.165, 1.54) is 17.8 Å². The Hall–Kier alpha value is -3.20. The molecular formula is C24H26FN5O2S. The van der Waals surface area contributed by atoms with Gasteiger partial charge in [-0.1, -0.05) is 55.9 Å². The lowest BCUT2D eigenvalue weighted by molar-refractivity contribution is -0.140. The van der Waals surface area contributed by atoms with Crippen LogP contribution in [0.15, 0.2) is 59.8 Å². The zero-order valence-electron chi connectivity index (χ0n) is 18.6. The number of carbonyl (C=O) groups excluding carboxylic acids is 2. The molecule has 4 rings (SSSR count). The van der Waals surface area contributed by atoms with Crippen LogP contribution >= 0.6 is 11.8 Å². The maximum absolute atomic E-state index is 14.5. The second-order valence-corrected chi connectivity index (χ2v) is 9.05. The van der Waals surface area contributed by atoms with E-state index in [0.29, 0.717) is 42.7 Å². The first kappa shape index (κ1) is 23.0. The van der Waals surface area contributed by atoms with E-state index in [1.54, 1.807) is 27.7 Å². The Morgan fingerprint density at radius 2 is 1.58 bits per heavy atom. The number of piperazine rings is 1. The SMILES string of the molecule is CC(C)C(=O)N1CCN(C(=O)CSc2nnc(-c3ccccc3F)n2-c2ccccc2)CC1. The van der Waals surface area contributed by atoms with E-state index in [9.17, 15) is 14.0 Å². The number of nitrogens with zero attached hydrogens (tertiary/aromatic N) is 5. The molecule has 0 radical (unpaired) electrons. The molecule has 0 bridgehead atoms. The standard InChI is InChI=1S/C24H26FN5O2S/c1-17(2)23(32)29-14-12-28(13-15-29)21(31)16-33-24-27-26-22(19-10-6-7-11-20(19)25)30(24)18-8-4-3-5-9-18/h3-11,17H,12-16H2,1-2H3. The number of benzene rings is 2. The summed E-state index contributed by atoms with van der Waals surface area (Å²) in [5, 5.41) is 9.03. The molecule has 1 aliphatic rings. The molecule has 9 heteroatoms. The van der Waals surface area contributed by atoms with Gasteiger partial charge in [0.05, 0.1) is 11.3 Å². The Morgan fingerprint density at radius 3 is 2.24 bits per heavy atom. The molecule has 0 aliphatic carbocycles. The summed E-state index contributed by atoms with van der Waals surface area (Å²) in [5.41, 5.74) is 1.13. The number of rotatable bonds is 6. The molecule has 0 atom stereocenters. The van der Waals surface area contributed by atoms with Crippen molar-refractivity contribution in [3.8, 4) is 17.1 Å². The van der Waals surface area contributed by atoms with E-state index in [1.807, 2.05) is 49.1 Å². The van der Waals surface area contributed by atoms with Gasteiger partial charge >= 0.3 is 0 Å². The highest BCUT2D eigenvalue weighted by atomic mass is 32.2. The third-order valence-electron chi connectivity index (χ3n) is 5.53. The van der Waals surface area contributed by atoms with Crippen molar-refractivity contribution in [2.75, 3.05) is 31.9 Å². The zero-order chi connectivity index (χ0) is 23.4. The van der Waals surface area contributed by atoms with Crippen molar-refractivity contribution in [3.63, 3.8) is 0 Å². The van der Waals surface area contributed by atoms with Crippen LogP contribution in [0.4, 0.5) is 4.39 Å². The van der Waals surface area contributed by atoms with Gasteiger partial charge in [0.25, 0.3) is 0 Å². The first-order valence-electron chi connectivity index (χ1n) is 10.9. The molecule has 33 heavy (non-hydrogen) atoms. The second kappa shape index (κ2) is 10.2. The fourth-order valence-corrected chi connectivity index (χ4v) is 4.60. The second-order valence-electron chi connectivity index (χ2n) is 8.11. The van der Waals surface area contributed by atoms with Crippen LogP contribution < -0.4 is 0 Å². The molecule has 1 aromatic heterocycles. The van der Waals surface area contributed by atoms with Crippen molar-refractivity contribution < 1.29 is 14.0 Å². The fourth-order valence-electron chi connectivity index (χ4n) is 3.75. The first-order valence-corrected chi connectivity index (χ1v) is 11.9. The van der Waals surface area contributed by atoms with Crippen molar-refractivity contribution in [3.05, 3.63) is 60.4 Å². The van der Waals surface area contributed by atoms with E-state index in [2.05, 4.69) is 10.2 Å². The predicted octanol–water partition coefficient (Wildman–Crippen LogP) is 3.49. The van der Waals surface area contributed by atoms with Gasteiger partial charge in [-0.3, -0.25) is 14.2 Å². The normalized spacial score (nSPS) is 14.1. The van der Waals surface area contributed by atoms with Gasteiger partial charge in [-0.05, 0) is 24.3 Å². The lowest BCUT2D eigenvalue weighted by Crippen LogP contribution is -2.51. The van der Waals surface area contributed by atoms with Gasteiger partial charge in [0.15, 0.2) is 11.0 Å². The Balaban J connectivity index is 1.49. The van der Waals surface area contributed by atoms with Crippen molar-refractivity contribution in [1.29, 1.82) is 0 Å². The van der Waals surface area contributed by atoms with E-state index < -0.39 is 0 Å². The number of thioether (sulfide) groups is 1. The molecule has 0 N–H and O–H groups in total. The van der Waals surface area contributed by atoms with Crippen LogP contribution in [0.5, 0.6) is 0 Å². The van der Waals surface area contributed by atoms with Crippen LogP contribution in [0.1, 0.15) is 13.8 Å². The topological polar surface area (TPSA) is 71.3 Å². The van der Waals surface area contributed by atoms with E-state index >= 15 is 0 Å². The number of hydrogen-bond acceptors (Lipinski definition) is 5. The van der Waals surface area contributed by atoms with E-state index in [4.69, 9.17) is 0 Å². The summed E-state index contributed by atoms with van der Waals surface area (Å²) in [6.45, 7) is 5.90. The molecule has 1 fully saturated rings. The summed E-state index contributed by atoms with van der Waals surface area (Å²) in [4.78, 5) is 28.6. The van der Waals surface area contributed by atoms with Crippen molar-refractivity contribution in [2.24, 2.45) is 5.92 Å². The molecule has 0 saturated carbocycles. The summed E-state index contributed by atoms with van der Waals surface area (Å²) in [7, 11) is 0. The largest absolute Gasteiger partial charge is 0.339 e. The molecular weight excluding hydrogens is 441 g/mol. The molecule has 7 nitrogen and oxygen atoms in total. The number of aromatic nitrogens is 3. The summed E-state index contributed by atoms with van der Waals surface area (Å²) >= 11 is 1.27. The van der Waals surface area contributed by atoms with Gasteiger partial charge in [-0.15, -0.1) is 10.2 Å². The Labute approximate surface area is 196 Å². The van der Waals surface area contributed by atoms with Gasteiger partial charge in [0.2, 0.25) is 11.8 Å². The van der Waals surface area contributed by atoms with Crippen molar-refractivity contribution in [2.45, 2.75) is 19.0 Å². The fraction of sp³-hybridized carbons (Fsp3) is 0.333. The maximum atomic E-state index is 14.5. The van der Waals surface area contributed by atoms with E-state index in [-0.39, 0.29) is 29.3 Å². The summed E-state index contributed by atoms with van der Waals surface area (Å²) in [6, 6.07) is 15.9. The van der Waals surface area contributed by atoms with Gasteiger partial charge in [0, 0.05) is 37.8 Å². The average molecular weight is 468 g/mol. The zero-order valence-corrected chi connectivity index (χ0v) is 19.5. The Bertz CT molecular complexity index is 1130. The molecule has 3 aromatic rings. The predicted molar refractivity (Wildman–Crippen MR) is 125 cm³/mol. The van der Waals surface area contributed by atoms with Crippen LogP contribution in [0.2, 0.25) is 0 Å². The van der Waals surface area contributed by atoms with Crippen molar-refractivity contribution >= 4 is 23.6 Å². The number of amides is 2. The summed E-state index contributed by atoms with van der Waals surface area (Å²) in [6.07, 6.45) is 0. The number of carbonyl (C=O) groups is 2. The van der Waals surface area contributed by atoms with Crippen LogP contribution in [0, 0.1) is 11.7 Å². The summed E-state index contributed by atoms with van der Waals surface area (Å²) < 4.78 is 16.3. The molecule has 2 amide bonds. The number of para-hydroxylation sites is 1. The third-order valence-corrected chi connectivity index (χ3v) is 6.44. The van der Waals surface area contributed by atoms with Gasteiger partial charge < -0.3 is 9.80 Å². The molecule has 172 valence electrons. The Kier molecular flexibility index (Phi) is 7.08. The molecule has 1 saturated heterocycles. The highest BCUT2D eigenvalue weighted by Gasteiger charge is 2.26. The minimum absolute atomic E-state index is 0.0216. The third kappa shape index (κ3) is 5.08. The van der Waals surface area contributed by atoms with Crippen LogP contribution in [0.25, 0.3) is 17.1 Å². The average Bonchev–Trinajstić information content (AvgIpc) is 3.26. The molecule has 2 heterocycles. The molecule has 0 unspecified atom stereocenters. The molecule has 0 spiro atoms. The molecule has 1 aliphatic heterocycles. The lowest BCUT2D eigenvalue weighted by Gasteiger charge is -2.35. The monoisotopic (exact) mass is 467 g/mol. The van der Waals surface area contributed by atoms with Crippen LogP contribution in [-0.4, -0.2) is 68.3 Å². The van der Waals surface area contributed by atoms with Crippen LogP contribution in [-0.2, 0) is 9.59 Å². The highest BCUT2D eigenvalue weighted by Crippen LogP contribution is 2.29. The number of halogens is 1. The van der Waals surface area contributed by atoms with Crippen LogP contribution in [0.3, 0.4) is 0 Å².